The molecule has 0 amide bonds. The van der Waals surface area contributed by atoms with Crippen LogP contribution < -0.4 is 5.73 Å². The van der Waals surface area contributed by atoms with Gasteiger partial charge in [-0.1, -0.05) is 6.07 Å². The van der Waals surface area contributed by atoms with Crippen LogP contribution in [0.4, 0.5) is 18.9 Å². The zero-order valence-corrected chi connectivity index (χ0v) is 10.9. The summed E-state index contributed by atoms with van der Waals surface area (Å²) in [6.45, 7) is 0. The fourth-order valence-electron chi connectivity index (χ4n) is 1.73. The minimum Gasteiger partial charge on any atom is -0.398 e. The van der Waals surface area contributed by atoms with Gasteiger partial charge in [-0.15, -0.1) is 0 Å². The maximum atomic E-state index is 13.0. The van der Waals surface area contributed by atoms with Crippen molar-refractivity contribution in [3.05, 3.63) is 59.4 Å². The molecule has 7 heteroatoms. The number of hydrogen-bond donors (Lipinski definition) is 1. The fourth-order valence-corrected chi connectivity index (χ4v) is 3.20. The summed E-state index contributed by atoms with van der Waals surface area (Å²) in [5.74, 6) is -3.41. The standard InChI is InChI=1S/C13H10F3NO2S/c14-9-2-4-13(12(17)6-9)20(18,19)7-8-1-3-10(15)11(16)5-8/h1-6H,7,17H2. The molecule has 0 aliphatic heterocycles. The molecule has 0 aliphatic carbocycles. The molecule has 2 rings (SSSR count). The lowest BCUT2D eigenvalue weighted by atomic mass is 10.2. The lowest BCUT2D eigenvalue weighted by Crippen LogP contribution is -2.08. The number of rotatable bonds is 3. The van der Waals surface area contributed by atoms with E-state index in [9.17, 15) is 21.6 Å². The normalized spacial score (nSPS) is 11.6. The second-order valence-electron chi connectivity index (χ2n) is 4.19. The minimum absolute atomic E-state index is 0.0765. The third-order valence-electron chi connectivity index (χ3n) is 2.65. The van der Waals surface area contributed by atoms with Crippen LogP contribution in [-0.2, 0) is 15.6 Å². The number of nitrogens with two attached hydrogens (primary N) is 1. The molecule has 0 radical (unpaired) electrons. The van der Waals surface area contributed by atoms with Gasteiger partial charge in [0.1, 0.15) is 5.82 Å². The summed E-state index contributed by atoms with van der Waals surface area (Å²) in [7, 11) is -3.87. The fraction of sp³-hybridized carbons (Fsp3) is 0.0769. The average molecular weight is 301 g/mol. The van der Waals surface area contributed by atoms with Crippen molar-refractivity contribution < 1.29 is 21.6 Å². The Kier molecular flexibility index (Phi) is 3.71. The summed E-state index contributed by atoms with van der Waals surface area (Å²) in [4.78, 5) is -0.247. The van der Waals surface area contributed by atoms with Crippen LogP contribution in [-0.4, -0.2) is 8.42 Å². The molecule has 0 heterocycles. The van der Waals surface area contributed by atoms with Gasteiger partial charge in [0, 0.05) is 0 Å². The largest absolute Gasteiger partial charge is 0.398 e. The van der Waals surface area contributed by atoms with Crippen LogP contribution in [0.1, 0.15) is 5.56 Å². The summed E-state index contributed by atoms with van der Waals surface area (Å²) >= 11 is 0. The first kappa shape index (κ1) is 14.4. The van der Waals surface area contributed by atoms with E-state index >= 15 is 0 Å². The number of anilines is 1. The summed E-state index contributed by atoms with van der Waals surface area (Å²) in [5, 5.41) is 0. The lowest BCUT2D eigenvalue weighted by molar-refractivity contribution is 0.507. The molecule has 2 aromatic carbocycles. The number of hydrogen-bond acceptors (Lipinski definition) is 3. The molecule has 0 aromatic heterocycles. The molecule has 20 heavy (non-hydrogen) atoms. The SMILES string of the molecule is Nc1cc(F)ccc1S(=O)(=O)Cc1ccc(F)c(F)c1. The Balaban J connectivity index is 2.38. The van der Waals surface area contributed by atoms with Gasteiger partial charge in [-0.25, -0.2) is 21.6 Å². The van der Waals surface area contributed by atoms with Crippen LogP contribution in [0.5, 0.6) is 0 Å². The van der Waals surface area contributed by atoms with Crippen molar-refractivity contribution >= 4 is 15.5 Å². The van der Waals surface area contributed by atoms with Crippen LogP contribution in [0.2, 0.25) is 0 Å². The van der Waals surface area contributed by atoms with Gasteiger partial charge in [0.25, 0.3) is 0 Å². The maximum absolute atomic E-state index is 13.0. The second kappa shape index (κ2) is 5.16. The van der Waals surface area contributed by atoms with Crippen LogP contribution in [0.3, 0.4) is 0 Å². The predicted octanol–water partition coefficient (Wildman–Crippen LogP) is 2.66. The highest BCUT2D eigenvalue weighted by Gasteiger charge is 2.19. The smallest absolute Gasteiger partial charge is 0.184 e. The zero-order chi connectivity index (χ0) is 14.9. The maximum Gasteiger partial charge on any atom is 0.184 e. The minimum atomic E-state index is -3.87. The van der Waals surface area contributed by atoms with Gasteiger partial charge >= 0.3 is 0 Å². The van der Waals surface area contributed by atoms with Gasteiger partial charge in [-0.2, -0.15) is 0 Å². The Morgan fingerprint density at radius 2 is 1.65 bits per heavy atom. The first-order valence-electron chi connectivity index (χ1n) is 5.51. The van der Waals surface area contributed by atoms with Gasteiger partial charge in [-0.3, -0.25) is 0 Å². The summed E-state index contributed by atoms with van der Waals surface area (Å²) in [6, 6.07) is 5.70. The van der Waals surface area contributed by atoms with E-state index < -0.39 is 33.0 Å². The summed E-state index contributed by atoms with van der Waals surface area (Å²) in [6.07, 6.45) is 0. The van der Waals surface area contributed by atoms with Crippen LogP contribution in [0, 0.1) is 17.5 Å². The van der Waals surface area contributed by atoms with Crippen molar-refractivity contribution in [3.8, 4) is 0 Å². The molecular weight excluding hydrogens is 291 g/mol. The van der Waals surface area contributed by atoms with Crippen LogP contribution in [0.25, 0.3) is 0 Å². The van der Waals surface area contributed by atoms with Crippen molar-refractivity contribution in [2.75, 3.05) is 5.73 Å². The average Bonchev–Trinajstić information content (AvgIpc) is 2.33. The van der Waals surface area contributed by atoms with E-state index in [1.165, 1.54) is 0 Å². The zero-order valence-electron chi connectivity index (χ0n) is 10.1. The van der Waals surface area contributed by atoms with Crippen molar-refractivity contribution in [1.82, 2.24) is 0 Å². The molecule has 0 bridgehead atoms. The number of nitrogen functional groups attached to an aromatic ring is 1. The monoisotopic (exact) mass is 301 g/mol. The Labute approximate surface area is 113 Å². The highest BCUT2D eigenvalue weighted by atomic mass is 32.2. The molecule has 106 valence electrons. The molecule has 0 aliphatic rings. The summed E-state index contributed by atoms with van der Waals surface area (Å²) in [5.41, 5.74) is 5.31. The van der Waals surface area contributed by atoms with Crippen LogP contribution >= 0.6 is 0 Å². The topological polar surface area (TPSA) is 60.2 Å². The Morgan fingerprint density at radius 3 is 2.25 bits per heavy atom. The second-order valence-corrected chi connectivity index (χ2v) is 6.15. The third kappa shape index (κ3) is 2.93. The molecule has 0 saturated carbocycles. The van der Waals surface area contributed by atoms with E-state index in [4.69, 9.17) is 5.73 Å². The van der Waals surface area contributed by atoms with Gasteiger partial charge in [0.05, 0.1) is 16.3 Å². The molecule has 0 spiro atoms. The Morgan fingerprint density at radius 1 is 0.950 bits per heavy atom. The first-order chi connectivity index (χ1) is 9.29. The first-order valence-corrected chi connectivity index (χ1v) is 7.16. The van der Waals surface area contributed by atoms with Crippen molar-refractivity contribution in [3.63, 3.8) is 0 Å². The molecule has 0 fully saturated rings. The highest BCUT2D eigenvalue weighted by Crippen LogP contribution is 2.23. The Bertz CT molecular complexity index is 760. The van der Waals surface area contributed by atoms with E-state index in [2.05, 4.69) is 0 Å². The van der Waals surface area contributed by atoms with Gasteiger partial charge in [0.2, 0.25) is 0 Å². The molecular formula is C13H10F3NO2S. The number of sulfone groups is 1. The number of halogens is 3. The van der Waals surface area contributed by atoms with E-state index in [1.807, 2.05) is 0 Å². The van der Waals surface area contributed by atoms with E-state index in [-0.39, 0.29) is 16.1 Å². The quantitative estimate of drug-likeness (QED) is 0.700. The molecule has 0 atom stereocenters. The molecule has 2 N–H and O–H groups in total. The molecule has 0 unspecified atom stereocenters. The summed E-state index contributed by atoms with van der Waals surface area (Å²) < 4.78 is 62.9. The van der Waals surface area contributed by atoms with Crippen molar-refractivity contribution in [2.45, 2.75) is 10.6 Å². The Hall–Kier alpha value is -2.02. The molecule has 3 nitrogen and oxygen atoms in total. The predicted molar refractivity (Wildman–Crippen MR) is 68.1 cm³/mol. The van der Waals surface area contributed by atoms with E-state index in [0.717, 1.165) is 36.4 Å². The molecule has 0 saturated heterocycles. The lowest BCUT2D eigenvalue weighted by Gasteiger charge is -2.08. The number of benzene rings is 2. The van der Waals surface area contributed by atoms with Gasteiger partial charge in [0.15, 0.2) is 21.5 Å². The van der Waals surface area contributed by atoms with Crippen LogP contribution in [0.15, 0.2) is 41.3 Å². The molecule has 2 aromatic rings. The van der Waals surface area contributed by atoms with E-state index in [1.54, 1.807) is 0 Å². The van der Waals surface area contributed by atoms with E-state index in [0.29, 0.717) is 0 Å². The van der Waals surface area contributed by atoms with Gasteiger partial charge in [-0.05, 0) is 35.9 Å². The van der Waals surface area contributed by atoms with Gasteiger partial charge < -0.3 is 5.73 Å². The third-order valence-corrected chi connectivity index (χ3v) is 4.40. The van der Waals surface area contributed by atoms with Crippen molar-refractivity contribution in [2.24, 2.45) is 0 Å². The van der Waals surface area contributed by atoms with Crippen molar-refractivity contribution in [1.29, 1.82) is 0 Å². The highest BCUT2D eigenvalue weighted by molar-refractivity contribution is 7.90.